The summed E-state index contributed by atoms with van der Waals surface area (Å²) in [6, 6.07) is 2.58. The summed E-state index contributed by atoms with van der Waals surface area (Å²) in [7, 11) is 0. The second kappa shape index (κ2) is 5.96. The first-order chi connectivity index (χ1) is 8.24. The number of piperidine rings is 1. The summed E-state index contributed by atoms with van der Waals surface area (Å²) < 4.78 is 0. The molecule has 1 aromatic heterocycles. The molecule has 0 aromatic carbocycles. The molecule has 1 unspecified atom stereocenters. The SMILES string of the molecule is CC(C)Cc1cc(NC2CCCNC2)ncn1. The number of hydrogen-bond acceptors (Lipinski definition) is 4. The van der Waals surface area contributed by atoms with Crippen LogP contribution in [-0.4, -0.2) is 29.1 Å². The van der Waals surface area contributed by atoms with Crippen LogP contribution in [0.25, 0.3) is 0 Å². The van der Waals surface area contributed by atoms with Crippen LogP contribution in [0.1, 0.15) is 32.4 Å². The van der Waals surface area contributed by atoms with Gasteiger partial charge in [0.25, 0.3) is 0 Å². The molecule has 0 radical (unpaired) electrons. The van der Waals surface area contributed by atoms with E-state index in [2.05, 4.69) is 40.5 Å². The summed E-state index contributed by atoms with van der Waals surface area (Å²) in [4.78, 5) is 8.60. The highest BCUT2D eigenvalue weighted by Gasteiger charge is 2.13. The van der Waals surface area contributed by atoms with E-state index in [-0.39, 0.29) is 0 Å². The van der Waals surface area contributed by atoms with E-state index in [1.54, 1.807) is 6.33 Å². The Balaban J connectivity index is 1.95. The zero-order valence-electron chi connectivity index (χ0n) is 10.7. The lowest BCUT2D eigenvalue weighted by Crippen LogP contribution is -2.38. The molecular formula is C13H22N4. The minimum Gasteiger partial charge on any atom is -0.366 e. The molecule has 1 saturated heterocycles. The molecule has 0 aliphatic carbocycles. The fraction of sp³-hybridized carbons (Fsp3) is 0.692. The third-order valence-corrected chi connectivity index (χ3v) is 2.99. The molecular weight excluding hydrogens is 212 g/mol. The van der Waals surface area contributed by atoms with Gasteiger partial charge in [-0.2, -0.15) is 0 Å². The normalized spacial score (nSPS) is 20.5. The van der Waals surface area contributed by atoms with Crippen molar-refractivity contribution in [3.63, 3.8) is 0 Å². The van der Waals surface area contributed by atoms with E-state index < -0.39 is 0 Å². The van der Waals surface area contributed by atoms with Gasteiger partial charge < -0.3 is 10.6 Å². The van der Waals surface area contributed by atoms with E-state index >= 15 is 0 Å². The van der Waals surface area contributed by atoms with Gasteiger partial charge >= 0.3 is 0 Å². The van der Waals surface area contributed by atoms with E-state index in [9.17, 15) is 0 Å². The molecule has 1 aromatic rings. The summed E-state index contributed by atoms with van der Waals surface area (Å²) >= 11 is 0. The third-order valence-electron chi connectivity index (χ3n) is 2.99. The summed E-state index contributed by atoms with van der Waals surface area (Å²) in [5, 5.41) is 6.88. The van der Waals surface area contributed by atoms with E-state index in [1.807, 2.05) is 0 Å². The Morgan fingerprint density at radius 1 is 1.47 bits per heavy atom. The van der Waals surface area contributed by atoms with Crippen molar-refractivity contribution in [2.24, 2.45) is 5.92 Å². The maximum atomic E-state index is 4.31. The number of rotatable bonds is 4. The van der Waals surface area contributed by atoms with Gasteiger partial charge in [0, 0.05) is 24.3 Å². The van der Waals surface area contributed by atoms with Gasteiger partial charge in [0.2, 0.25) is 0 Å². The molecule has 2 rings (SSSR count). The summed E-state index contributed by atoms with van der Waals surface area (Å²) in [5.74, 6) is 1.60. The second-order valence-corrected chi connectivity index (χ2v) is 5.18. The quantitative estimate of drug-likeness (QED) is 0.834. The highest BCUT2D eigenvalue weighted by molar-refractivity contribution is 5.36. The zero-order chi connectivity index (χ0) is 12.1. The fourth-order valence-electron chi connectivity index (χ4n) is 2.19. The Morgan fingerprint density at radius 3 is 3.06 bits per heavy atom. The first-order valence-corrected chi connectivity index (χ1v) is 6.52. The molecule has 4 heteroatoms. The van der Waals surface area contributed by atoms with Crippen LogP contribution in [0.4, 0.5) is 5.82 Å². The predicted octanol–water partition coefficient (Wildman–Crippen LogP) is 1.84. The second-order valence-electron chi connectivity index (χ2n) is 5.18. The molecule has 2 heterocycles. The molecule has 1 aliphatic heterocycles. The summed E-state index contributed by atoms with van der Waals surface area (Å²) in [6.07, 6.45) is 5.13. The summed E-state index contributed by atoms with van der Waals surface area (Å²) in [6.45, 7) is 6.59. The van der Waals surface area contributed by atoms with Crippen molar-refractivity contribution in [3.05, 3.63) is 18.1 Å². The molecule has 94 valence electrons. The number of hydrogen-bond donors (Lipinski definition) is 2. The number of nitrogens with one attached hydrogen (secondary N) is 2. The maximum absolute atomic E-state index is 4.31. The van der Waals surface area contributed by atoms with Crippen LogP contribution < -0.4 is 10.6 Å². The average molecular weight is 234 g/mol. The van der Waals surface area contributed by atoms with Gasteiger partial charge in [0.1, 0.15) is 12.1 Å². The van der Waals surface area contributed by atoms with Gasteiger partial charge in [-0.05, 0) is 31.7 Å². The first-order valence-electron chi connectivity index (χ1n) is 6.52. The standard InChI is InChI=1S/C13H22N4/c1-10(2)6-12-7-13(16-9-15-12)17-11-4-3-5-14-8-11/h7,9-11,14H,3-6,8H2,1-2H3,(H,15,16,17). The monoisotopic (exact) mass is 234 g/mol. The molecule has 1 atom stereocenters. The van der Waals surface area contributed by atoms with Crippen molar-refractivity contribution in [2.45, 2.75) is 39.2 Å². The molecule has 4 nitrogen and oxygen atoms in total. The van der Waals surface area contributed by atoms with Gasteiger partial charge in [-0.25, -0.2) is 9.97 Å². The largest absolute Gasteiger partial charge is 0.366 e. The van der Waals surface area contributed by atoms with Crippen LogP contribution in [-0.2, 0) is 6.42 Å². The molecule has 17 heavy (non-hydrogen) atoms. The Morgan fingerprint density at radius 2 is 2.35 bits per heavy atom. The minimum atomic E-state index is 0.505. The van der Waals surface area contributed by atoms with Crippen LogP contribution in [0, 0.1) is 5.92 Å². The number of anilines is 1. The Kier molecular flexibility index (Phi) is 4.31. The van der Waals surface area contributed by atoms with Crippen LogP contribution >= 0.6 is 0 Å². The molecule has 0 amide bonds. The van der Waals surface area contributed by atoms with Gasteiger partial charge in [-0.15, -0.1) is 0 Å². The van der Waals surface area contributed by atoms with Crippen molar-refractivity contribution < 1.29 is 0 Å². The van der Waals surface area contributed by atoms with E-state index in [0.717, 1.165) is 31.0 Å². The highest BCUT2D eigenvalue weighted by Crippen LogP contribution is 2.12. The Labute approximate surface area is 103 Å². The lowest BCUT2D eigenvalue weighted by atomic mass is 10.1. The van der Waals surface area contributed by atoms with Crippen LogP contribution in [0.5, 0.6) is 0 Å². The average Bonchev–Trinajstić information content (AvgIpc) is 2.30. The van der Waals surface area contributed by atoms with Gasteiger partial charge in [-0.1, -0.05) is 13.8 Å². The van der Waals surface area contributed by atoms with Crippen LogP contribution in [0.2, 0.25) is 0 Å². The Hall–Kier alpha value is -1.16. The smallest absolute Gasteiger partial charge is 0.129 e. The molecule has 0 spiro atoms. The maximum Gasteiger partial charge on any atom is 0.129 e. The van der Waals surface area contributed by atoms with E-state index in [1.165, 1.54) is 12.8 Å². The van der Waals surface area contributed by atoms with Crippen molar-refractivity contribution in [1.82, 2.24) is 15.3 Å². The molecule has 0 bridgehead atoms. The Bertz CT molecular complexity index is 345. The summed E-state index contributed by atoms with van der Waals surface area (Å²) in [5.41, 5.74) is 1.13. The van der Waals surface area contributed by atoms with Gasteiger partial charge in [0.05, 0.1) is 0 Å². The minimum absolute atomic E-state index is 0.505. The lowest BCUT2D eigenvalue weighted by Gasteiger charge is -2.24. The molecule has 2 N–H and O–H groups in total. The topological polar surface area (TPSA) is 49.8 Å². The van der Waals surface area contributed by atoms with Crippen LogP contribution in [0.15, 0.2) is 12.4 Å². The molecule has 1 aliphatic rings. The number of nitrogens with zero attached hydrogens (tertiary/aromatic N) is 2. The van der Waals surface area contributed by atoms with Crippen LogP contribution in [0.3, 0.4) is 0 Å². The van der Waals surface area contributed by atoms with Crippen molar-refractivity contribution >= 4 is 5.82 Å². The molecule has 0 saturated carbocycles. The first kappa shape index (κ1) is 12.3. The zero-order valence-corrected chi connectivity index (χ0v) is 10.7. The number of aromatic nitrogens is 2. The lowest BCUT2D eigenvalue weighted by molar-refractivity contribution is 0.479. The van der Waals surface area contributed by atoms with E-state index in [0.29, 0.717) is 12.0 Å². The van der Waals surface area contributed by atoms with Crippen molar-refractivity contribution in [2.75, 3.05) is 18.4 Å². The highest BCUT2D eigenvalue weighted by atomic mass is 15.1. The third kappa shape index (κ3) is 3.97. The van der Waals surface area contributed by atoms with E-state index in [4.69, 9.17) is 0 Å². The fourth-order valence-corrected chi connectivity index (χ4v) is 2.19. The van der Waals surface area contributed by atoms with Crippen molar-refractivity contribution in [3.8, 4) is 0 Å². The van der Waals surface area contributed by atoms with Gasteiger partial charge in [0.15, 0.2) is 0 Å². The van der Waals surface area contributed by atoms with Gasteiger partial charge in [-0.3, -0.25) is 0 Å². The van der Waals surface area contributed by atoms with Crippen molar-refractivity contribution in [1.29, 1.82) is 0 Å². The predicted molar refractivity (Wildman–Crippen MR) is 70.1 cm³/mol. The molecule has 1 fully saturated rings.